The van der Waals surface area contributed by atoms with Gasteiger partial charge in [0.25, 0.3) is 0 Å². The predicted molar refractivity (Wildman–Crippen MR) is 129 cm³/mol. The lowest BCUT2D eigenvalue weighted by Gasteiger charge is -2.36. The monoisotopic (exact) mass is 478 g/mol. The molecule has 0 bridgehead atoms. The summed E-state index contributed by atoms with van der Waals surface area (Å²) < 4.78 is 6.17. The second kappa shape index (κ2) is 10.1. The first-order chi connectivity index (χ1) is 15.1. The van der Waals surface area contributed by atoms with Crippen molar-refractivity contribution in [2.45, 2.75) is 13.5 Å². The number of esters is 1. The summed E-state index contributed by atoms with van der Waals surface area (Å²) in [5.41, 5.74) is 5.67. The Bertz CT molecular complexity index is 1010. The summed E-state index contributed by atoms with van der Waals surface area (Å²) in [4.78, 5) is 16.7. The van der Waals surface area contributed by atoms with E-state index >= 15 is 0 Å². The molecule has 0 radical (unpaired) electrons. The van der Waals surface area contributed by atoms with Crippen molar-refractivity contribution in [2.24, 2.45) is 0 Å². The van der Waals surface area contributed by atoms with Gasteiger partial charge in [-0.2, -0.15) is 0 Å². The van der Waals surface area contributed by atoms with Gasteiger partial charge in [-0.15, -0.1) is 0 Å². The van der Waals surface area contributed by atoms with Crippen LogP contribution >= 0.6 is 15.9 Å². The maximum Gasteiger partial charge on any atom is 0.338 e. The third-order valence-corrected chi connectivity index (χ3v) is 6.21. The predicted octanol–water partition coefficient (Wildman–Crippen LogP) is 5.62. The molecule has 31 heavy (non-hydrogen) atoms. The van der Waals surface area contributed by atoms with Gasteiger partial charge in [-0.1, -0.05) is 52.3 Å². The summed E-state index contributed by atoms with van der Waals surface area (Å²) in [5, 5.41) is 0. The number of carbonyl (C=O) groups is 1. The van der Waals surface area contributed by atoms with Crippen LogP contribution in [0.5, 0.6) is 0 Å². The molecule has 1 saturated heterocycles. The number of rotatable bonds is 6. The molecule has 0 aromatic heterocycles. The van der Waals surface area contributed by atoms with E-state index in [4.69, 9.17) is 4.74 Å². The second-order valence-corrected chi connectivity index (χ2v) is 8.61. The van der Waals surface area contributed by atoms with Crippen LogP contribution in [0.15, 0.2) is 77.3 Å². The first kappa shape index (κ1) is 21.6. The van der Waals surface area contributed by atoms with Gasteiger partial charge in [0.15, 0.2) is 0 Å². The maximum absolute atomic E-state index is 11.9. The zero-order chi connectivity index (χ0) is 21.6. The van der Waals surface area contributed by atoms with E-state index in [-0.39, 0.29) is 5.97 Å². The summed E-state index contributed by atoms with van der Waals surface area (Å²) in [6, 6.07) is 24.9. The van der Waals surface area contributed by atoms with E-state index in [9.17, 15) is 4.79 Å². The molecular formula is C26H27BrN2O2. The highest BCUT2D eigenvalue weighted by atomic mass is 79.9. The number of hydrogen-bond acceptors (Lipinski definition) is 4. The van der Waals surface area contributed by atoms with Gasteiger partial charge in [0, 0.05) is 42.9 Å². The van der Waals surface area contributed by atoms with Crippen LogP contribution < -0.4 is 4.90 Å². The molecule has 0 atom stereocenters. The molecule has 4 nitrogen and oxygen atoms in total. The molecule has 0 unspecified atom stereocenters. The molecule has 0 aliphatic carbocycles. The van der Waals surface area contributed by atoms with Crippen molar-refractivity contribution in [3.8, 4) is 11.1 Å². The van der Waals surface area contributed by atoms with E-state index in [1.54, 1.807) is 0 Å². The van der Waals surface area contributed by atoms with E-state index in [2.05, 4.69) is 74.3 Å². The fourth-order valence-corrected chi connectivity index (χ4v) is 4.26. The van der Waals surface area contributed by atoms with Crippen LogP contribution in [0.2, 0.25) is 0 Å². The Hall–Kier alpha value is -2.63. The van der Waals surface area contributed by atoms with Gasteiger partial charge in [-0.3, -0.25) is 4.90 Å². The zero-order valence-corrected chi connectivity index (χ0v) is 19.3. The van der Waals surface area contributed by atoms with Gasteiger partial charge in [0.1, 0.15) is 0 Å². The van der Waals surface area contributed by atoms with Crippen molar-refractivity contribution in [3.05, 3.63) is 88.4 Å². The molecule has 0 spiro atoms. The molecule has 160 valence electrons. The summed E-state index contributed by atoms with van der Waals surface area (Å²) in [7, 11) is 0. The second-order valence-electron chi connectivity index (χ2n) is 7.69. The largest absolute Gasteiger partial charge is 0.462 e. The Balaban J connectivity index is 1.38. The average molecular weight is 479 g/mol. The summed E-state index contributed by atoms with van der Waals surface area (Å²) >= 11 is 3.52. The Labute approximate surface area is 192 Å². The van der Waals surface area contributed by atoms with Crippen LogP contribution in [0.25, 0.3) is 11.1 Å². The molecule has 3 aromatic carbocycles. The molecule has 0 N–H and O–H groups in total. The molecule has 5 heteroatoms. The number of nitrogens with zero attached hydrogens (tertiary/aromatic N) is 2. The highest BCUT2D eigenvalue weighted by Crippen LogP contribution is 2.27. The number of halogens is 1. The van der Waals surface area contributed by atoms with Crippen molar-refractivity contribution < 1.29 is 9.53 Å². The lowest BCUT2D eigenvalue weighted by molar-refractivity contribution is 0.0526. The Morgan fingerprint density at radius 2 is 1.58 bits per heavy atom. The van der Waals surface area contributed by atoms with Crippen LogP contribution in [0.1, 0.15) is 22.8 Å². The molecular weight excluding hydrogens is 452 g/mol. The van der Waals surface area contributed by atoms with Crippen LogP contribution in [-0.2, 0) is 11.3 Å². The first-order valence-corrected chi connectivity index (χ1v) is 11.5. The molecule has 1 aliphatic rings. The summed E-state index contributed by atoms with van der Waals surface area (Å²) in [6.07, 6.45) is 0. The minimum atomic E-state index is -0.261. The SMILES string of the molecule is CCOC(=O)c1ccc(N2CCN(Cc3ccccc3-c3ccc(Br)cc3)CC2)cc1. The van der Waals surface area contributed by atoms with Crippen molar-refractivity contribution in [1.29, 1.82) is 0 Å². The van der Waals surface area contributed by atoms with Crippen molar-refractivity contribution in [3.63, 3.8) is 0 Å². The minimum Gasteiger partial charge on any atom is -0.462 e. The normalized spacial score (nSPS) is 14.5. The lowest BCUT2D eigenvalue weighted by Crippen LogP contribution is -2.46. The number of hydrogen-bond donors (Lipinski definition) is 0. The minimum absolute atomic E-state index is 0.261. The highest BCUT2D eigenvalue weighted by molar-refractivity contribution is 9.10. The van der Waals surface area contributed by atoms with Gasteiger partial charge in [0.2, 0.25) is 0 Å². The standard InChI is InChI=1S/C26H27BrN2O2/c1-2-31-26(30)21-9-13-24(14-10-21)29-17-15-28(16-18-29)19-22-5-3-4-6-25(22)20-7-11-23(27)12-8-20/h3-14H,2,15-19H2,1H3. The number of carbonyl (C=O) groups excluding carboxylic acids is 1. The van der Waals surface area contributed by atoms with E-state index in [1.807, 2.05) is 31.2 Å². The van der Waals surface area contributed by atoms with Crippen molar-refractivity contribution in [2.75, 3.05) is 37.7 Å². The van der Waals surface area contributed by atoms with Crippen LogP contribution in [-0.4, -0.2) is 43.7 Å². The quantitative estimate of drug-likeness (QED) is 0.430. The molecule has 3 aromatic rings. The number of benzene rings is 3. The van der Waals surface area contributed by atoms with Gasteiger partial charge >= 0.3 is 5.97 Å². The molecule has 0 amide bonds. The van der Waals surface area contributed by atoms with Gasteiger partial charge in [-0.25, -0.2) is 4.79 Å². The van der Waals surface area contributed by atoms with Crippen LogP contribution in [0.3, 0.4) is 0 Å². The lowest BCUT2D eigenvalue weighted by atomic mass is 9.99. The van der Waals surface area contributed by atoms with Gasteiger partial charge in [-0.05, 0) is 60.0 Å². The molecule has 1 aliphatic heterocycles. The fourth-order valence-electron chi connectivity index (χ4n) is 4.00. The summed E-state index contributed by atoms with van der Waals surface area (Å²) in [5.74, 6) is -0.261. The van der Waals surface area contributed by atoms with E-state index in [0.29, 0.717) is 12.2 Å². The van der Waals surface area contributed by atoms with E-state index in [0.717, 1.165) is 42.9 Å². The number of anilines is 1. The topological polar surface area (TPSA) is 32.8 Å². The van der Waals surface area contributed by atoms with Crippen molar-refractivity contribution in [1.82, 2.24) is 4.90 Å². The molecule has 4 rings (SSSR count). The molecule has 0 saturated carbocycles. The van der Waals surface area contributed by atoms with Gasteiger partial charge in [0.05, 0.1) is 12.2 Å². The van der Waals surface area contributed by atoms with Crippen molar-refractivity contribution >= 4 is 27.6 Å². The van der Waals surface area contributed by atoms with Crippen LogP contribution in [0, 0.1) is 0 Å². The van der Waals surface area contributed by atoms with E-state index < -0.39 is 0 Å². The van der Waals surface area contributed by atoms with E-state index in [1.165, 1.54) is 16.7 Å². The Morgan fingerprint density at radius 3 is 2.26 bits per heavy atom. The number of piperazine rings is 1. The first-order valence-electron chi connectivity index (χ1n) is 10.7. The number of ether oxygens (including phenoxy) is 1. The third-order valence-electron chi connectivity index (χ3n) is 5.68. The molecule has 1 fully saturated rings. The highest BCUT2D eigenvalue weighted by Gasteiger charge is 2.19. The zero-order valence-electron chi connectivity index (χ0n) is 17.8. The summed E-state index contributed by atoms with van der Waals surface area (Å²) in [6.45, 7) is 7.12. The Morgan fingerprint density at radius 1 is 0.903 bits per heavy atom. The smallest absolute Gasteiger partial charge is 0.338 e. The Kier molecular flexibility index (Phi) is 7.05. The average Bonchev–Trinajstić information content (AvgIpc) is 2.81. The maximum atomic E-state index is 11.9. The third kappa shape index (κ3) is 5.35. The van der Waals surface area contributed by atoms with Crippen LogP contribution in [0.4, 0.5) is 5.69 Å². The van der Waals surface area contributed by atoms with Gasteiger partial charge < -0.3 is 9.64 Å². The fraction of sp³-hybridized carbons (Fsp3) is 0.269. The molecule has 1 heterocycles.